The minimum Gasteiger partial charge on any atom is -0.494 e. The van der Waals surface area contributed by atoms with Gasteiger partial charge in [0.2, 0.25) is 11.8 Å². The van der Waals surface area contributed by atoms with Gasteiger partial charge in [0.1, 0.15) is 5.75 Å². The molecular weight excluding hydrogens is 340 g/mol. The third-order valence-electron chi connectivity index (χ3n) is 3.38. The zero-order valence-corrected chi connectivity index (χ0v) is 15.6. The molecule has 0 aliphatic rings. The third-order valence-corrected chi connectivity index (χ3v) is 3.67. The number of rotatable bonds is 9. The molecule has 1 aromatic carbocycles. The van der Waals surface area contributed by atoms with Gasteiger partial charge in [-0.3, -0.25) is 9.69 Å². The standard InChI is InChI=1S/C17H24N4O3S/c1-4-10-18-15(22)11-20(3)12-21-17(25)24-16(19-21)13-6-8-14(9-7-13)23-5-2/h6-9H,4-5,10-12H2,1-3H3,(H,18,22). The zero-order chi connectivity index (χ0) is 18.2. The first kappa shape index (κ1) is 19.1. The fourth-order valence-corrected chi connectivity index (χ4v) is 2.39. The lowest BCUT2D eigenvalue weighted by Gasteiger charge is -2.15. The summed E-state index contributed by atoms with van der Waals surface area (Å²) in [7, 11) is 1.83. The van der Waals surface area contributed by atoms with Crippen LogP contribution in [0.3, 0.4) is 0 Å². The van der Waals surface area contributed by atoms with Crippen molar-refractivity contribution < 1.29 is 13.9 Å². The van der Waals surface area contributed by atoms with Gasteiger partial charge >= 0.3 is 0 Å². The minimum atomic E-state index is -0.0221. The van der Waals surface area contributed by atoms with Crippen molar-refractivity contribution in [1.29, 1.82) is 0 Å². The predicted octanol–water partition coefficient (Wildman–Crippen LogP) is 2.69. The first-order valence-corrected chi connectivity index (χ1v) is 8.70. The summed E-state index contributed by atoms with van der Waals surface area (Å²) < 4.78 is 12.6. The van der Waals surface area contributed by atoms with Gasteiger partial charge in [-0.05, 0) is 56.9 Å². The van der Waals surface area contributed by atoms with E-state index in [0.717, 1.165) is 17.7 Å². The van der Waals surface area contributed by atoms with Crippen molar-refractivity contribution in [3.05, 3.63) is 29.1 Å². The second-order valence-corrected chi connectivity index (χ2v) is 5.98. The number of aromatic nitrogens is 2. The maximum Gasteiger partial charge on any atom is 0.288 e. The highest BCUT2D eigenvalue weighted by Crippen LogP contribution is 2.21. The molecule has 8 heteroatoms. The molecule has 25 heavy (non-hydrogen) atoms. The van der Waals surface area contributed by atoms with E-state index in [-0.39, 0.29) is 17.3 Å². The monoisotopic (exact) mass is 364 g/mol. The Kier molecular flexibility index (Phi) is 7.15. The Balaban J connectivity index is 2.01. The summed E-state index contributed by atoms with van der Waals surface area (Å²) in [5.41, 5.74) is 0.816. The van der Waals surface area contributed by atoms with Crippen LogP contribution in [0.15, 0.2) is 28.7 Å². The lowest BCUT2D eigenvalue weighted by atomic mass is 10.2. The average molecular weight is 364 g/mol. The van der Waals surface area contributed by atoms with Gasteiger partial charge in [-0.15, -0.1) is 5.10 Å². The lowest BCUT2D eigenvalue weighted by molar-refractivity contribution is -0.122. The van der Waals surface area contributed by atoms with Gasteiger partial charge in [0.15, 0.2) is 0 Å². The highest BCUT2D eigenvalue weighted by Gasteiger charge is 2.12. The molecule has 1 N–H and O–H groups in total. The number of ether oxygens (including phenoxy) is 1. The average Bonchev–Trinajstić information content (AvgIpc) is 2.94. The molecule has 2 aromatic rings. The van der Waals surface area contributed by atoms with Crippen LogP contribution >= 0.6 is 12.2 Å². The van der Waals surface area contributed by atoms with Crippen LogP contribution in [0.4, 0.5) is 0 Å². The molecule has 0 unspecified atom stereocenters. The zero-order valence-electron chi connectivity index (χ0n) is 14.8. The number of carbonyl (C=O) groups excluding carboxylic acids is 1. The van der Waals surface area contributed by atoms with Crippen molar-refractivity contribution >= 4 is 18.1 Å². The SMILES string of the molecule is CCCNC(=O)CN(C)Cn1nc(-c2ccc(OCC)cc2)oc1=S. The van der Waals surface area contributed by atoms with Crippen molar-refractivity contribution in [1.82, 2.24) is 20.0 Å². The van der Waals surface area contributed by atoms with Crippen LogP contribution in [0.1, 0.15) is 20.3 Å². The second-order valence-electron chi connectivity index (χ2n) is 5.64. The van der Waals surface area contributed by atoms with Gasteiger partial charge in [0.25, 0.3) is 4.84 Å². The molecule has 7 nitrogen and oxygen atoms in total. The summed E-state index contributed by atoms with van der Waals surface area (Å²) in [6.07, 6.45) is 0.912. The molecule has 0 bridgehead atoms. The Labute approximate surface area is 152 Å². The summed E-state index contributed by atoms with van der Waals surface area (Å²) in [6.45, 7) is 5.89. The quantitative estimate of drug-likeness (QED) is 0.690. The van der Waals surface area contributed by atoms with Gasteiger partial charge in [-0.1, -0.05) is 6.92 Å². The molecule has 0 saturated carbocycles. The van der Waals surface area contributed by atoms with Crippen LogP contribution in [0.25, 0.3) is 11.5 Å². The fraction of sp³-hybridized carbons (Fsp3) is 0.471. The van der Waals surface area contributed by atoms with Crippen LogP contribution in [0, 0.1) is 4.84 Å². The van der Waals surface area contributed by atoms with E-state index in [1.807, 2.05) is 50.1 Å². The van der Waals surface area contributed by atoms with Crippen molar-refractivity contribution in [3.8, 4) is 17.2 Å². The third kappa shape index (κ3) is 5.68. The number of nitrogens with one attached hydrogen (secondary N) is 1. The highest BCUT2D eigenvalue weighted by atomic mass is 32.1. The van der Waals surface area contributed by atoms with Crippen LogP contribution in [0.2, 0.25) is 0 Å². The van der Waals surface area contributed by atoms with Crippen molar-refractivity contribution in [2.45, 2.75) is 26.9 Å². The summed E-state index contributed by atoms with van der Waals surface area (Å²) in [5.74, 6) is 1.21. The van der Waals surface area contributed by atoms with E-state index in [2.05, 4.69) is 10.4 Å². The molecule has 1 amide bonds. The van der Waals surface area contributed by atoms with Crippen molar-refractivity contribution in [3.63, 3.8) is 0 Å². The molecule has 0 atom stereocenters. The van der Waals surface area contributed by atoms with Crippen LogP contribution < -0.4 is 10.1 Å². The lowest BCUT2D eigenvalue weighted by Crippen LogP contribution is -2.36. The minimum absolute atomic E-state index is 0.0221. The highest BCUT2D eigenvalue weighted by molar-refractivity contribution is 7.71. The van der Waals surface area contributed by atoms with Crippen molar-refractivity contribution in [2.75, 3.05) is 26.7 Å². The number of hydrogen-bond donors (Lipinski definition) is 1. The molecule has 2 rings (SSSR count). The first-order chi connectivity index (χ1) is 12.0. The Bertz CT molecular complexity index is 739. The number of carbonyl (C=O) groups is 1. The molecule has 1 aromatic heterocycles. The van der Waals surface area contributed by atoms with Crippen LogP contribution in [0.5, 0.6) is 5.75 Å². The molecule has 1 heterocycles. The smallest absolute Gasteiger partial charge is 0.288 e. The summed E-state index contributed by atoms with van der Waals surface area (Å²) >= 11 is 5.22. The van der Waals surface area contributed by atoms with E-state index in [0.29, 0.717) is 25.7 Å². The van der Waals surface area contributed by atoms with Gasteiger partial charge < -0.3 is 14.5 Å². The molecule has 0 aliphatic heterocycles. The Morgan fingerprint density at radius 2 is 2.08 bits per heavy atom. The maximum atomic E-state index is 11.8. The topological polar surface area (TPSA) is 72.5 Å². The molecular formula is C17H24N4O3S. The normalized spacial score (nSPS) is 10.9. The van der Waals surface area contributed by atoms with Crippen LogP contribution in [-0.4, -0.2) is 47.3 Å². The van der Waals surface area contributed by atoms with Gasteiger partial charge in [0.05, 0.1) is 19.8 Å². The Morgan fingerprint density at radius 1 is 1.36 bits per heavy atom. The Morgan fingerprint density at radius 3 is 2.72 bits per heavy atom. The Hall–Kier alpha value is -2.19. The van der Waals surface area contributed by atoms with Crippen molar-refractivity contribution in [2.24, 2.45) is 0 Å². The van der Waals surface area contributed by atoms with E-state index < -0.39 is 0 Å². The largest absolute Gasteiger partial charge is 0.494 e. The number of nitrogens with zero attached hydrogens (tertiary/aromatic N) is 3. The molecule has 0 aliphatic carbocycles. The molecule has 0 saturated heterocycles. The molecule has 0 spiro atoms. The number of likely N-dealkylation sites (N-methyl/N-ethyl adjacent to an activating group) is 1. The number of benzene rings is 1. The van der Waals surface area contributed by atoms with E-state index in [1.54, 1.807) is 4.68 Å². The van der Waals surface area contributed by atoms with E-state index in [1.165, 1.54) is 0 Å². The second kappa shape index (κ2) is 9.33. The summed E-state index contributed by atoms with van der Waals surface area (Å²) in [5, 5.41) is 7.24. The van der Waals surface area contributed by atoms with E-state index in [4.69, 9.17) is 21.4 Å². The van der Waals surface area contributed by atoms with Gasteiger partial charge in [-0.25, -0.2) is 4.68 Å². The molecule has 0 radical (unpaired) electrons. The molecule has 136 valence electrons. The van der Waals surface area contributed by atoms with Crippen LogP contribution in [-0.2, 0) is 11.5 Å². The number of hydrogen-bond acceptors (Lipinski definition) is 6. The van der Waals surface area contributed by atoms with E-state index >= 15 is 0 Å². The fourth-order valence-electron chi connectivity index (χ4n) is 2.22. The van der Waals surface area contributed by atoms with Gasteiger partial charge in [-0.2, -0.15) is 0 Å². The van der Waals surface area contributed by atoms with E-state index in [9.17, 15) is 4.79 Å². The first-order valence-electron chi connectivity index (χ1n) is 8.30. The number of amides is 1. The maximum absolute atomic E-state index is 11.8. The summed E-state index contributed by atoms with van der Waals surface area (Å²) in [4.78, 5) is 13.8. The predicted molar refractivity (Wildman–Crippen MR) is 97.9 cm³/mol. The van der Waals surface area contributed by atoms with Gasteiger partial charge in [0, 0.05) is 12.1 Å². The molecule has 0 fully saturated rings. The summed E-state index contributed by atoms with van der Waals surface area (Å²) in [6, 6.07) is 7.47.